The molecule has 1 aromatic rings. The maximum absolute atomic E-state index is 13.0. The topological polar surface area (TPSA) is 59.4 Å². The Kier molecular flexibility index (Phi) is 6.45. The summed E-state index contributed by atoms with van der Waals surface area (Å²) in [6.07, 6.45) is 4.31. The third-order valence-corrected chi connectivity index (χ3v) is 5.52. The average molecular weight is 358 g/mol. The SMILES string of the molecule is N#CCCN1CCN(C(=O)C2CCC(Nc3ccc(F)cc3)CC2)CC1. The van der Waals surface area contributed by atoms with Gasteiger partial charge in [0.1, 0.15) is 5.82 Å². The molecule has 1 aliphatic carbocycles. The van der Waals surface area contributed by atoms with Gasteiger partial charge >= 0.3 is 0 Å². The number of rotatable bonds is 5. The highest BCUT2D eigenvalue weighted by Crippen LogP contribution is 2.28. The predicted octanol–water partition coefficient (Wildman–Crippen LogP) is 2.85. The first kappa shape index (κ1) is 18.7. The highest BCUT2D eigenvalue weighted by Gasteiger charge is 2.31. The number of hydrogen-bond donors (Lipinski definition) is 1. The zero-order valence-electron chi connectivity index (χ0n) is 15.2. The third kappa shape index (κ3) is 4.95. The molecular weight excluding hydrogens is 331 g/mol. The quantitative estimate of drug-likeness (QED) is 0.879. The standard InChI is InChI=1S/C20H27FN4O/c21-17-4-8-19(9-5-17)23-18-6-2-16(3-7-18)20(26)25-14-12-24(13-15-25)11-1-10-22/h4-5,8-9,16,18,23H,1-3,6-7,11-15H2. The Labute approximate surface area is 154 Å². The van der Waals surface area contributed by atoms with Crippen molar-refractivity contribution in [1.29, 1.82) is 5.26 Å². The molecule has 0 bridgehead atoms. The van der Waals surface area contributed by atoms with E-state index in [1.54, 1.807) is 12.1 Å². The van der Waals surface area contributed by atoms with Crippen LogP contribution < -0.4 is 5.32 Å². The molecule has 2 aliphatic rings. The van der Waals surface area contributed by atoms with E-state index < -0.39 is 0 Å². The van der Waals surface area contributed by atoms with E-state index in [1.807, 2.05) is 4.90 Å². The van der Waals surface area contributed by atoms with Crippen LogP contribution in [0.15, 0.2) is 24.3 Å². The van der Waals surface area contributed by atoms with E-state index in [9.17, 15) is 9.18 Å². The van der Waals surface area contributed by atoms with Gasteiger partial charge in [0.25, 0.3) is 0 Å². The van der Waals surface area contributed by atoms with Gasteiger partial charge in [-0.2, -0.15) is 5.26 Å². The van der Waals surface area contributed by atoms with Crippen molar-refractivity contribution in [2.45, 2.75) is 38.1 Å². The molecule has 1 amide bonds. The van der Waals surface area contributed by atoms with Crippen LogP contribution in [0.25, 0.3) is 0 Å². The number of carbonyl (C=O) groups excluding carboxylic acids is 1. The molecule has 1 saturated heterocycles. The number of halogens is 1. The smallest absolute Gasteiger partial charge is 0.225 e. The van der Waals surface area contributed by atoms with Gasteiger partial charge in [-0.15, -0.1) is 0 Å². The molecule has 0 radical (unpaired) electrons. The van der Waals surface area contributed by atoms with Gasteiger partial charge in [-0.05, 0) is 49.9 Å². The van der Waals surface area contributed by atoms with Gasteiger partial charge in [0.15, 0.2) is 0 Å². The Bertz CT molecular complexity index is 626. The van der Waals surface area contributed by atoms with Crippen LogP contribution in [0.3, 0.4) is 0 Å². The fourth-order valence-electron chi connectivity index (χ4n) is 3.92. The lowest BCUT2D eigenvalue weighted by molar-refractivity contribution is -0.138. The lowest BCUT2D eigenvalue weighted by atomic mass is 9.85. The first-order valence-electron chi connectivity index (χ1n) is 9.56. The van der Waals surface area contributed by atoms with Gasteiger partial charge in [0.05, 0.1) is 6.07 Å². The summed E-state index contributed by atoms with van der Waals surface area (Å²) in [6.45, 7) is 4.10. The number of carbonyl (C=O) groups is 1. The summed E-state index contributed by atoms with van der Waals surface area (Å²) >= 11 is 0. The normalized spacial score (nSPS) is 24.1. The van der Waals surface area contributed by atoms with Crippen molar-refractivity contribution < 1.29 is 9.18 Å². The second kappa shape index (κ2) is 9.00. The lowest BCUT2D eigenvalue weighted by Crippen LogP contribution is -2.51. The zero-order valence-corrected chi connectivity index (χ0v) is 15.2. The number of benzene rings is 1. The van der Waals surface area contributed by atoms with Gasteiger partial charge in [0.2, 0.25) is 5.91 Å². The van der Waals surface area contributed by atoms with Crippen LogP contribution in [0.2, 0.25) is 0 Å². The fourth-order valence-corrected chi connectivity index (χ4v) is 3.92. The highest BCUT2D eigenvalue weighted by molar-refractivity contribution is 5.79. The average Bonchev–Trinajstić information content (AvgIpc) is 2.68. The fraction of sp³-hybridized carbons (Fsp3) is 0.600. The molecule has 1 heterocycles. The summed E-state index contributed by atoms with van der Waals surface area (Å²) in [4.78, 5) is 17.0. The van der Waals surface area contributed by atoms with Gasteiger partial charge in [-0.25, -0.2) is 4.39 Å². The van der Waals surface area contributed by atoms with Crippen molar-refractivity contribution in [1.82, 2.24) is 9.80 Å². The first-order valence-corrected chi connectivity index (χ1v) is 9.56. The Balaban J connectivity index is 1.41. The minimum atomic E-state index is -0.224. The Morgan fingerprint density at radius 3 is 2.38 bits per heavy atom. The van der Waals surface area contributed by atoms with E-state index >= 15 is 0 Å². The molecule has 26 heavy (non-hydrogen) atoms. The molecule has 2 fully saturated rings. The van der Waals surface area contributed by atoms with Gasteiger partial charge in [-0.3, -0.25) is 9.69 Å². The molecule has 0 aromatic heterocycles. The first-order chi connectivity index (χ1) is 12.7. The van der Waals surface area contributed by atoms with Crippen molar-refractivity contribution in [3.8, 4) is 6.07 Å². The predicted molar refractivity (Wildman–Crippen MR) is 99.0 cm³/mol. The van der Waals surface area contributed by atoms with E-state index in [0.29, 0.717) is 18.4 Å². The monoisotopic (exact) mass is 358 g/mol. The molecule has 1 aromatic carbocycles. The van der Waals surface area contributed by atoms with E-state index in [0.717, 1.165) is 64.1 Å². The molecule has 1 saturated carbocycles. The summed E-state index contributed by atoms with van der Waals surface area (Å²) in [5, 5.41) is 12.1. The summed E-state index contributed by atoms with van der Waals surface area (Å²) in [6, 6.07) is 8.99. The molecule has 5 nitrogen and oxygen atoms in total. The molecule has 0 spiro atoms. The number of nitriles is 1. The molecular formula is C20H27FN4O. The van der Waals surface area contributed by atoms with Crippen LogP contribution in [0.1, 0.15) is 32.1 Å². The molecule has 0 atom stereocenters. The minimum absolute atomic E-state index is 0.131. The Morgan fingerprint density at radius 2 is 1.77 bits per heavy atom. The van der Waals surface area contributed by atoms with Gasteiger partial charge in [0, 0.05) is 56.8 Å². The number of amides is 1. The number of piperazine rings is 1. The summed E-state index contributed by atoms with van der Waals surface area (Å²) in [5.74, 6) is 0.203. The van der Waals surface area contributed by atoms with Gasteiger partial charge < -0.3 is 10.2 Å². The Hall–Kier alpha value is -2.13. The molecule has 1 N–H and O–H groups in total. The molecule has 0 unspecified atom stereocenters. The van der Waals surface area contributed by atoms with Gasteiger partial charge in [-0.1, -0.05) is 0 Å². The molecule has 3 rings (SSSR count). The van der Waals surface area contributed by atoms with Crippen molar-refractivity contribution in [3.63, 3.8) is 0 Å². The Morgan fingerprint density at radius 1 is 1.12 bits per heavy atom. The number of hydrogen-bond acceptors (Lipinski definition) is 4. The summed E-state index contributed by atoms with van der Waals surface area (Å²) in [7, 11) is 0. The zero-order chi connectivity index (χ0) is 18.4. The summed E-state index contributed by atoms with van der Waals surface area (Å²) in [5.41, 5.74) is 0.940. The van der Waals surface area contributed by atoms with Crippen LogP contribution in [0, 0.1) is 23.1 Å². The van der Waals surface area contributed by atoms with Crippen LogP contribution in [0.5, 0.6) is 0 Å². The van der Waals surface area contributed by atoms with E-state index in [2.05, 4.69) is 16.3 Å². The number of nitrogens with zero attached hydrogens (tertiary/aromatic N) is 3. The minimum Gasteiger partial charge on any atom is -0.382 e. The molecule has 1 aliphatic heterocycles. The van der Waals surface area contributed by atoms with Crippen molar-refractivity contribution in [3.05, 3.63) is 30.1 Å². The van der Waals surface area contributed by atoms with Crippen LogP contribution in [-0.2, 0) is 4.79 Å². The van der Waals surface area contributed by atoms with Crippen molar-refractivity contribution in [2.75, 3.05) is 38.0 Å². The molecule has 140 valence electrons. The third-order valence-electron chi connectivity index (χ3n) is 5.52. The van der Waals surface area contributed by atoms with E-state index in [-0.39, 0.29) is 11.7 Å². The summed E-state index contributed by atoms with van der Waals surface area (Å²) < 4.78 is 13.0. The number of anilines is 1. The molecule has 6 heteroatoms. The maximum atomic E-state index is 13.0. The lowest BCUT2D eigenvalue weighted by Gasteiger charge is -2.38. The largest absolute Gasteiger partial charge is 0.382 e. The van der Waals surface area contributed by atoms with Crippen LogP contribution in [-0.4, -0.2) is 54.5 Å². The second-order valence-electron chi connectivity index (χ2n) is 7.27. The second-order valence-corrected chi connectivity index (χ2v) is 7.27. The van der Waals surface area contributed by atoms with Crippen molar-refractivity contribution >= 4 is 11.6 Å². The van der Waals surface area contributed by atoms with E-state index in [1.165, 1.54) is 12.1 Å². The van der Waals surface area contributed by atoms with Crippen LogP contribution in [0.4, 0.5) is 10.1 Å². The van der Waals surface area contributed by atoms with Crippen LogP contribution >= 0.6 is 0 Å². The van der Waals surface area contributed by atoms with Crippen molar-refractivity contribution in [2.24, 2.45) is 5.92 Å². The van der Waals surface area contributed by atoms with E-state index in [4.69, 9.17) is 5.26 Å². The highest BCUT2D eigenvalue weighted by atomic mass is 19.1. The number of nitrogens with one attached hydrogen (secondary N) is 1. The maximum Gasteiger partial charge on any atom is 0.225 e.